The Labute approximate surface area is 78.1 Å². The molecule has 0 atom stereocenters. The molecule has 3 heteroatoms. The molecular weight excluding hydrogens is 166 g/mol. The van der Waals surface area contributed by atoms with Crippen molar-refractivity contribution in [3.05, 3.63) is 23.7 Å². The molecule has 0 aliphatic carbocycles. The molecule has 1 rings (SSSR count). The number of nitrogens with one attached hydrogen (secondary N) is 1. The van der Waals surface area contributed by atoms with E-state index >= 15 is 0 Å². The Bertz CT molecular complexity index is 307. The fraction of sp³-hybridized carbons (Fsp3) is 0.500. The second-order valence-corrected chi connectivity index (χ2v) is 4.09. The molecule has 72 valence electrons. The molecule has 0 aliphatic rings. The molecule has 0 radical (unpaired) electrons. The molecule has 1 amide bonds. The highest BCUT2D eigenvalue weighted by Crippen LogP contribution is 2.10. The van der Waals surface area contributed by atoms with Crippen LogP contribution in [-0.2, 0) is 0 Å². The third-order valence-corrected chi connectivity index (χ3v) is 1.59. The summed E-state index contributed by atoms with van der Waals surface area (Å²) in [4.78, 5) is 11.6. The molecular formula is C10H15NO2. The van der Waals surface area contributed by atoms with Crippen LogP contribution in [-0.4, -0.2) is 11.4 Å². The zero-order chi connectivity index (χ0) is 10.1. The van der Waals surface area contributed by atoms with E-state index in [0.29, 0.717) is 11.3 Å². The second kappa shape index (κ2) is 3.24. The largest absolute Gasteiger partial charge is 0.469 e. The number of furan rings is 1. The van der Waals surface area contributed by atoms with Gasteiger partial charge in [0.1, 0.15) is 5.76 Å². The van der Waals surface area contributed by atoms with E-state index in [-0.39, 0.29) is 11.4 Å². The van der Waals surface area contributed by atoms with Gasteiger partial charge in [-0.25, -0.2) is 0 Å². The fourth-order valence-corrected chi connectivity index (χ4v) is 1.03. The first kappa shape index (κ1) is 9.84. The number of carbonyl (C=O) groups is 1. The molecule has 3 nitrogen and oxygen atoms in total. The molecule has 13 heavy (non-hydrogen) atoms. The molecule has 1 heterocycles. The van der Waals surface area contributed by atoms with E-state index in [1.54, 1.807) is 13.0 Å². The maximum absolute atomic E-state index is 11.6. The third kappa shape index (κ3) is 2.61. The Morgan fingerprint density at radius 2 is 2.08 bits per heavy atom. The van der Waals surface area contributed by atoms with Crippen molar-refractivity contribution in [3.8, 4) is 0 Å². The van der Waals surface area contributed by atoms with Crippen molar-refractivity contribution in [1.29, 1.82) is 0 Å². The highest BCUT2D eigenvalue weighted by molar-refractivity contribution is 5.95. The van der Waals surface area contributed by atoms with E-state index in [4.69, 9.17) is 4.42 Å². The summed E-state index contributed by atoms with van der Waals surface area (Å²) < 4.78 is 5.04. The lowest BCUT2D eigenvalue weighted by Crippen LogP contribution is -2.40. The standard InChI is InChI=1S/C10H15NO2/c1-7-8(5-6-13-7)9(12)11-10(2,3)4/h5-6H,1-4H3,(H,11,12). The minimum atomic E-state index is -0.208. The second-order valence-electron chi connectivity index (χ2n) is 4.09. The molecule has 0 spiro atoms. The lowest BCUT2D eigenvalue weighted by molar-refractivity contribution is 0.0918. The molecule has 1 N–H and O–H groups in total. The number of hydrogen-bond donors (Lipinski definition) is 1. The third-order valence-electron chi connectivity index (χ3n) is 1.59. The van der Waals surface area contributed by atoms with Crippen LogP contribution in [0.5, 0.6) is 0 Å². The average molecular weight is 181 g/mol. The van der Waals surface area contributed by atoms with Gasteiger partial charge in [-0.1, -0.05) is 0 Å². The van der Waals surface area contributed by atoms with Crippen LogP contribution in [0.1, 0.15) is 36.9 Å². The Kier molecular flexibility index (Phi) is 2.45. The Balaban J connectivity index is 2.76. The highest BCUT2D eigenvalue weighted by atomic mass is 16.3. The van der Waals surface area contributed by atoms with E-state index < -0.39 is 0 Å². The van der Waals surface area contributed by atoms with Gasteiger partial charge in [0, 0.05) is 5.54 Å². The normalized spacial score (nSPS) is 11.4. The first-order valence-electron chi connectivity index (χ1n) is 4.27. The maximum Gasteiger partial charge on any atom is 0.255 e. The molecule has 0 saturated carbocycles. The maximum atomic E-state index is 11.6. The molecule has 0 fully saturated rings. The molecule has 0 aliphatic heterocycles. The van der Waals surface area contributed by atoms with Gasteiger partial charge >= 0.3 is 0 Å². The lowest BCUT2D eigenvalue weighted by atomic mass is 10.1. The number of rotatable bonds is 1. The smallest absolute Gasteiger partial charge is 0.255 e. The van der Waals surface area contributed by atoms with Gasteiger partial charge in [0.15, 0.2) is 0 Å². The lowest BCUT2D eigenvalue weighted by Gasteiger charge is -2.20. The summed E-state index contributed by atoms with van der Waals surface area (Å²) in [6, 6.07) is 1.68. The SMILES string of the molecule is Cc1occc1C(=O)NC(C)(C)C. The van der Waals surface area contributed by atoms with Crippen LogP contribution in [0.2, 0.25) is 0 Å². The van der Waals surface area contributed by atoms with Crippen LogP contribution < -0.4 is 5.32 Å². The van der Waals surface area contributed by atoms with Crippen molar-refractivity contribution in [1.82, 2.24) is 5.32 Å². The van der Waals surface area contributed by atoms with Gasteiger partial charge in [-0.3, -0.25) is 4.79 Å². The topological polar surface area (TPSA) is 42.2 Å². The summed E-state index contributed by atoms with van der Waals surface area (Å²) in [5.74, 6) is 0.570. The van der Waals surface area contributed by atoms with Gasteiger partial charge in [0.2, 0.25) is 0 Å². The Morgan fingerprint density at radius 3 is 2.46 bits per heavy atom. The first-order valence-corrected chi connectivity index (χ1v) is 4.27. The van der Waals surface area contributed by atoms with Crippen molar-refractivity contribution in [2.24, 2.45) is 0 Å². The predicted octanol–water partition coefficient (Wildman–Crippen LogP) is 2.12. The predicted molar refractivity (Wildman–Crippen MR) is 50.7 cm³/mol. The van der Waals surface area contributed by atoms with Crippen LogP contribution in [0.25, 0.3) is 0 Å². The van der Waals surface area contributed by atoms with Gasteiger partial charge < -0.3 is 9.73 Å². The summed E-state index contributed by atoms with van der Waals surface area (Å²) in [7, 11) is 0. The zero-order valence-electron chi connectivity index (χ0n) is 8.47. The number of hydrogen-bond acceptors (Lipinski definition) is 2. The molecule has 0 aromatic carbocycles. The van der Waals surface area contributed by atoms with E-state index in [2.05, 4.69) is 5.32 Å². The van der Waals surface area contributed by atoms with E-state index in [9.17, 15) is 4.79 Å². The monoisotopic (exact) mass is 181 g/mol. The van der Waals surface area contributed by atoms with E-state index in [1.807, 2.05) is 20.8 Å². The van der Waals surface area contributed by atoms with Crippen molar-refractivity contribution in [2.75, 3.05) is 0 Å². The molecule has 0 saturated heterocycles. The van der Waals surface area contributed by atoms with Gasteiger partial charge in [-0.2, -0.15) is 0 Å². The van der Waals surface area contributed by atoms with Crippen LogP contribution in [0.4, 0.5) is 0 Å². The minimum Gasteiger partial charge on any atom is -0.469 e. The summed E-state index contributed by atoms with van der Waals surface area (Å²) in [5.41, 5.74) is 0.399. The Hall–Kier alpha value is -1.25. The van der Waals surface area contributed by atoms with Crippen LogP contribution in [0.3, 0.4) is 0 Å². The molecule has 0 bridgehead atoms. The fourth-order valence-electron chi connectivity index (χ4n) is 1.03. The summed E-state index contributed by atoms with van der Waals surface area (Å²) in [6.45, 7) is 7.61. The van der Waals surface area contributed by atoms with Gasteiger partial charge in [-0.15, -0.1) is 0 Å². The number of amides is 1. The first-order chi connectivity index (χ1) is 5.90. The number of aryl methyl sites for hydroxylation is 1. The summed E-state index contributed by atoms with van der Waals surface area (Å²) >= 11 is 0. The van der Waals surface area contributed by atoms with Gasteiger partial charge in [0.25, 0.3) is 5.91 Å². The van der Waals surface area contributed by atoms with Crippen LogP contribution in [0.15, 0.2) is 16.7 Å². The van der Waals surface area contributed by atoms with Gasteiger partial charge in [-0.05, 0) is 33.8 Å². The van der Waals surface area contributed by atoms with Crippen LogP contribution in [0, 0.1) is 6.92 Å². The van der Waals surface area contributed by atoms with Crippen molar-refractivity contribution >= 4 is 5.91 Å². The van der Waals surface area contributed by atoms with Crippen molar-refractivity contribution in [2.45, 2.75) is 33.2 Å². The van der Waals surface area contributed by atoms with Crippen molar-refractivity contribution < 1.29 is 9.21 Å². The Morgan fingerprint density at radius 1 is 1.46 bits per heavy atom. The van der Waals surface area contributed by atoms with Crippen LogP contribution >= 0.6 is 0 Å². The highest BCUT2D eigenvalue weighted by Gasteiger charge is 2.17. The average Bonchev–Trinajstić information content (AvgIpc) is 2.30. The zero-order valence-corrected chi connectivity index (χ0v) is 8.47. The summed E-state index contributed by atoms with van der Waals surface area (Å²) in [6.07, 6.45) is 1.52. The molecule has 0 unspecified atom stereocenters. The van der Waals surface area contributed by atoms with E-state index in [1.165, 1.54) is 6.26 Å². The van der Waals surface area contributed by atoms with Crippen molar-refractivity contribution in [3.63, 3.8) is 0 Å². The molecule has 1 aromatic heterocycles. The van der Waals surface area contributed by atoms with E-state index in [0.717, 1.165) is 0 Å². The quantitative estimate of drug-likeness (QED) is 0.721. The summed E-state index contributed by atoms with van der Waals surface area (Å²) in [5, 5.41) is 2.86. The van der Waals surface area contributed by atoms with Gasteiger partial charge in [0.05, 0.1) is 11.8 Å². The molecule has 1 aromatic rings. The minimum absolute atomic E-state index is 0.0845. The number of carbonyl (C=O) groups excluding carboxylic acids is 1.